The lowest BCUT2D eigenvalue weighted by molar-refractivity contribution is 0.651. The van der Waals surface area contributed by atoms with Crippen molar-refractivity contribution in [1.29, 1.82) is 0 Å². The molecule has 6 aromatic rings. The molecule has 0 bridgehead atoms. The van der Waals surface area contributed by atoms with Gasteiger partial charge in [0, 0.05) is 27.9 Å². The van der Waals surface area contributed by atoms with Crippen LogP contribution in [0.15, 0.2) is 140 Å². The van der Waals surface area contributed by atoms with Crippen molar-refractivity contribution in [3.63, 3.8) is 0 Å². The van der Waals surface area contributed by atoms with Crippen LogP contribution in [0.1, 0.15) is 61.1 Å². The minimum absolute atomic E-state index is 0.0589. The second kappa shape index (κ2) is 9.82. The molecular formula is C43H37N. The molecule has 214 valence electrons. The molecule has 0 fully saturated rings. The molecule has 1 heteroatoms. The lowest BCUT2D eigenvalue weighted by Crippen LogP contribution is -2.17. The van der Waals surface area contributed by atoms with Crippen molar-refractivity contribution in [3.8, 4) is 22.3 Å². The highest BCUT2D eigenvalue weighted by Gasteiger charge is 2.42. The number of rotatable bonds is 5. The number of hydrogen-bond donors (Lipinski definition) is 0. The summed E-state index contributed by atoms with van der Waals surface area (Å²) in [5, 5.41) is 0. The van der Waals surface area contributed by atoms with E-state index in [-0.39, 0.29) is 10.8 Å². The van der Waals surface area contributed by atoms with E-state index in [1.54, 1.807) is 0 Å². The van der Waals surface area contributed by atoms with Crippen LogP contribution in [0.25, 0.3) is 22.3 Å². The molecular weight excluding hydrogens is 530 g/mol. The molecule has 6 aromatic carbocycles. The molecule has 0 N–H and O–H groups in total. The first-order chi connectivity index (χ1) is 21.3. The maximum Gasteiger partial charge on any atom is 0.0465 e. The second-order valence-corrected chi connectivity index (χ2v) is 13.5. The summed E-state index contributed by atoms with van der Waals surface area (Å²) >= 11 is 0. The van der Waals surface area contributed by atoms with Crippen molar-refractivity contribution < 1.29 is 0 Å². The first-order valence-electron chi connectivity index (χ1n) is 15.7. The Morgan fingerprint density at radius 1 is 0.386 bits per heavy atom. The molecule has 0 aromatic heterocycles. The van der Waals surface area contributed by atoms with Crippen LogP contribution < -0.4 is 4.90 Å². The maximum absolute atomic E-state index is 2.51. The summed E-state index contributed by atoms with van der Waals surface area (Å²) in [5.41, 5.74) is 17.3. The molecule has 8 rings (SSSR count). The Bertz CT molecular complexity index is 1980. The number of nitrogens with zero attached hydrogens (tertiary/aromatic N) is 1. The predicted molar refractivity (Wildman–Crippen MR) is 186 cm³/mol. The van der Waals surface area contributed by atoms with Crippen molar-refractivity contribution in [3.05, 3.63) is 173 Å². The van der Waals surface area contributed by atoms with Crippen molar-refractivity contribution in [1.82, 2.24) is 0 Å². The first-order valence-corrected chi connectivity index (χ1v) is 15.7. The highest BCUT2D eigenvalue weighted by atomic mass is 15.1. The van der Waals surface area contributed by atoms with E-state index in [4.69, 9.17) is 0 Å². The van der Waals surface area contributed by atoms with Gasteiger partial charge in [0.2, 0.25) is 0 Å². The Morgan fingerprint density at radius 2 is 0.841 bits per heavy atom. The summed E-state index contributed by atoms with van der Waals surface area (Å²) in [6, 6.07) is 51.5. The molecule has 0 aliphatic heterocycles. The number of anilines is 3. The molecule has 0 heterocycles. The van der Waals surface area contributed by atoms with E-state index in [0.717, 1.165) is 17.8 Å². The fourth-order valence-corrected chi connectivity index (χ4v) is 7.68. The number of para-hydroxylation sites is 2. The van der Waals surface area contributed by atoms with Gasteiger partial charge in [0.1, 0.15) is 0 Å². The zero-order chi connectivity index (χ0) is 30.1. The van der Waals surface area contributed by atoms with Crippen LogP contribution in [0.2, 0.25) is 0 Å². The van der Waals surface area contributed by atoms with Crippen LogP contribution in [0.3, 0.4) is 0 Å². The zero-order valence-corrected chi connectivity index (χ0v) is 25.9. The van der Waals surface area contributed by atoms with Gasteiger partial charge in [-0.05, 0) is 111 Å². The Balaban J connectivity index is 1.22. The third-order valence-corrected chi connectivity index (χ3v) is 10.1. The topological polar surface area (TPSA) is 3.24 Å². The van der Waals surface area contributed by atoms with E-state index in [1.807, 2.05) is 0 Å². The third-order valence-electron chi connectivity index (χ3n) is 10.1. The average molecular weight is 568 g/mol. The fourth-order valence-electron chi connectivity index (χ4n) is 7.68. The Labute approximate surface area is 261 Å². The van der Waals surface area contributed by atoms with E-state index in [2.05, 4.69) is 172 Å². The van der Waals surface area contributed by atoms with Crippen molar-refractivity contribution >= 4 is 17.1 Å². The second-order valence-electron chi connectivity index (χ2n) is 13.5. The van der Waals surface area contributed by atoms with Crippen molar-refractivity contribution in [2.45, 2.75) is 44.9 Å². The van der Waals surface area contributed by atoms with E-state index in [0.29, 0.717) is 0 Å². The van der Waals surface area contributed by atoms with Gasteiger partial charge in [0.15, 0.2) is 0 Å². The van der Waals surface area contributed by atoms with Crippen LogP contribution in [-0.4, -0.2) is 0 Å². The van der Waals surface area contributed by atoms with Gasteiger partial charge in [0.05, 0.1) is 0 Å². The molecule has 2 aliphatic carbocycles. The molecule has 0 radical (unpaired) electrons. The van der Waals surface area contributed by atoms with Crippen LogP contribution in [0.4, 0.5) is 17.1 Å². The predicted octanol–water partition coefficient (Wildman–Crippen LogP) is 11.4. The minimum Gasteiger partial charge on any atom is -0.310 e. The smallest absolute Gasteiger partial charge is 0.0465 e. The fraction of sp³-hybridized carbons (Fsp3) is 0.163. The minimum atomic E-state index is -0.116. The molecule has 1 nitrogen and oxygen atoms in total. The average Bonchev–Trinajstić information content (AvgIpc) is 3.40. The summed E-state index contributed by atoms with van der Waals surface area (Å²) in [6.45, 7) is 9.59. The van der Waals surface area contributed by atoms with Gasteiger partial charge < -0.3 is 4.90 Å². The normalized spacial score (nSPS) is 14.8. The molecule has 0 amide bonds. The largest absolute Gasteiger partial charge is 0.310 e. The zero-order valence-electron chi connectivity index (χ0n) is 25.9. The van der Waals surface area contributed by atoms with E-state index >= 15 is 0 Å². The van der Waals surface area contributed by atoms with Gasteiger partial charge in [-0.1, -0.05) is 119 Å². The summed E-state index contributed by atoms with van der Waals surface area (Å²) in [4.78, 5) is 2.37. The van der Waals surface area contributed by atoms with Gasteiger partial charge in [0.25, 0.3) is 0 Å². The highest BCUT2D eigenvalue weighted by molar-refractivity contribution is 5.91. The van der Waals surface area contributed by atoms with Crippen LogP contribution in [-0.2, 0) is 17.3 Å². The van der Waals surface area contributed by atoms with E-state index in [9.17, 15) is 0 Å². The van der Waals surface area contributed by atoms with E-state index in [1.165, 1.54) is 61.3 Å². The van der Waals surface area contributed by atoms with Gasteiger partial charge >= 0.3 is 0 Å². The maximum atomic E-state index is 2.51. The van der Waals surface area contributed by atoms with Crippen molar-refractivity contribution in [2.24, 2.45) is 0 Å². The Morgan fingerprint density at radius 3 is 1.39 bits per heavy atom. The monoisotopic (exact) mass is 567 g/mol. The molecule has 0 saturated heterocycles. The molecule has 2 aliphatic rings. The number of hydrogen-bond acceptors (Lipinski definition) is 1. The van der Waals surface area contributed by atoms with Crippen LogP contribution in [0.5, 0.6) is 0 Å². The summed E-state index contributed by atoms with van der Waals surface area (Å²) < 4.78 is 0. The van der Waals surface area contributed by atoms with Gasteiger partial charge in [-0.15, -0.1) is 0 Å². The van der Waals surface area contributed by atoms with E-state index < -0.39 is 0 Å². The number of benzene rings is 6. The lowest BCUT2D eigenvalue weighted by Gasteiger charge is -2.28. The first kappa shape index (κ1) is 26.7. The van der Waals surface area contributed by atoms with Gasteiger partial charge in [-0.3, -0.25) is 0 Å². The molecule has 0 saturated carbocycles. The SMILES string of the molecule is CC1(C)c2cc(Cc3ccccc3)ccc2-c2cc3c(cc21)-c1ccc(N(c2ccccc2)c2ccccc2)cc1C3(C)C. The summed E-state index contributed by atoms with van der Waals surface area (Å²) in [7, 11) is 0. The highest BCUT2D eigenvalue weighted by Crippen LogP contribution is 2.56. The number of fused-ring (bicyclic) bond motifs is 6. The molecule has 44 heavy (non-hydrogen) atoms. The standard InChI is InChI=1S/C43H37N/c1-42(2)38-25-30(24-29-14-8-5-9-15-29)20-22-34(38)36-27-41-37(28-40(36)42)35-23-21-33(26-39(35)43(41,3)4)44(31-16-10-6-11-17-31)32-18-12-7-13-19-32/h5-23,25-28H,24H2,1-4H3. The van der Waals surface area contributed by atoms with Crippen LogP contribution in [0, 0.1) is 0 Å². The Kier molecular flexibility index (Phi) is 5.97. The van der Waals surface area contributed by atoms with Crippen molar-refractivity contribution in [2.75, 3.05) is 4.90 Å². The lowest BCUT2D eigenvalue weighted by atomic mass is 9.79. The summed E-state index contributed by atoms with van der Waals surface area (Å²) in [5.74, 6) is 0. The summed E-state index contributed by atoms with van der Waals surface area (Å²) in [6.07, 6.45) is 0.961. The Hall–Kier alpha value is -4.88. The third kappa shape index (κ3) is 4.07. The van der Waals surface area contributed by atoms with Crippen LogP contribution >= 0.6 is 0 Å². The quantitative estimate of drug-likeness (QED) is 0.200. The van der Waals surface area contributed by atoms with Gasteiger partial charge in [-0.25, -0.2) is 0 Å². The molecule has 0 atom stereocenters. The molecule has 0 spiro atoms. The molecule has 0 unspecified atom stereocenters. The van der Waals surface area contributed by atoms with Gasteiger partial charge in [-0.2, -0.15) is 0 Å².